The highest BCUT2D eigenvalue weighted by Gasteiger charge is 2.21. The van der Waals surface area contributed by atoms with Crippen LogP contribution in [-0.4, -0.2) is 85.5 Å². The number of aromatic amines is 1. The predicted molar refractivity (Wildman–Crippen MR) is 326 cm³/mol. The third kappa shape index (κ3) is 15.7. The highest BCUT2D eigenvalue weighted by molar-refractivity contribution is 8.00. The van der Waals surface area contributed by atoms with E-state index in [-0.39, 0.29) is 23.0 Å². The number of fused-ring (bicyclic) bond motifs is 5. The van der Waals surface area contributed by atoms with Gasteiger partial charge < -0.3 is 14.8 Å². The third-order valence-corrected chi connectivity index (χ3v) is 21.4. The van der Waals surface area contributed by atoms with Crippen LogP contribution in [0.5, 0.6) is 0 Å². The summed E-state index contributed by atoms with van der Waals surface area (Å²) in [4.78, 5) is 82.9. The highest BCUT2D eigenvalue weighted by Crippen LogP contribution is 2.44. The maximum Gasteiger partial charge on any atom is 0.316 e. The minimum atomic E-state index is -0.873. The molecule has 0 spiro atoms. The van der Waals surface area contributed by atoms with E-state index in [1.165, 1.54) is 83.4 Å². The number of carbonyl (C=O) groups is 2. The zero-order valence-corrected chi connectivity index (χ0v) is 52.7. The van der Waals surface area contributed by atoms with Gasteiger partial charge in [0, 0.05) is 29.8 Å². The number of nitrogens with zero attached hydrogens (tertiary/aromatic N) is 9. The smallest absolute Gasteiger partial charge is 0.316 e. The molecule has 0 fully saturated rings. The fourth-order valence-corrected chi connectivity index (χ4v) is 15.8. The van der Waals surface area contributed by atoms with Crippen LogP contribution in [0.1, 0.15) is 123 Å². The molecule has 10 aromatic rings. The Morgan fingerprint density at radius 2 is 0.935 bits per heavy atom. The first-order chi connectivity index (χ1) is 36.5. The van der Waals surface area contributed by atoms with Crippen LogP contribution in [-0.2, 0) is 14.3 Å². The fourth-order valence-electron chi connectivity index (χ4n) is 6.62. The summed E-state index contributed by atoms with van der Waals surface area (Å²) in [5.41, 5.74) is -0.0480. The van der Waals surface area contributed by atoms with Crippen LogP contribution in [0, 0.1) is 0 Å². The lowest BCUT2D eigenvalue weighted by Crippen LogP contribution is -2.03. The average molecular weight is 1270 g/mol. The maximum atomic E-state index is 11.3. The molecule has 10 aromatic heterocycles. The van der Waals surface area contributed by atoms with Crippen molar-refractivity contribution in [2.45, 2.75) is 109 Å². The summed E-state index contributed by atoms with van der Waals surface area (Å²) >= 11 is 41.3. The number of nitrogens with one attached hydrogen (secondary N) is 1. The monoisotopic (exact) mass is 1270 g/mol. The molecule has 0 aliphatic heterocycles. The number of thioether (sulfide) groups is 2. The zero-order chi connectivity index (χ0) is 56.4. The number of ether oxygens (including phenoxy) is 1. The van der Waals surface area contributed by atoms with Gasteiger partial charge in [0.1, 0.15) is 69.8 Å². The number of H-pyrrole nitrogens is 1. The Morgan fingerprint density at radius 3 is 1.35 bits per heavy atom. The van der Waals surface area contributed by atoms with Gasteiger partial charge in [-0.05, 0) is 41.7 Å². The standard InChI is InChI=1S/C12H13ClN2O2S2.C11H11ClN2O2S2.C9H8Cl2N2S.C9H9ClN2S.C9H10N2OS/c1-6(2)10-9(13)8-11(18-4-7(16)17-3)14-5-15-12(8)19-10;1-5(2)9-8(12)7-10(17-3-6(15)16)13-4-14-11(7)18-9;1-4(2)7-6(10)5-8(11)12-3-13-9(5)14-7;1-5(2)7-3-6-8(10)11-4-12-9(6)13-7;1-5(2)7-3-6-8(12)10-4-11-9(6)13-7/h5-6H,4H2,1-3H3;4-5H,3H2,1-2H3,(H,15,16);3-4H,1-2H3;3-5H,1-2H3;3-5H,1-2H3,(H,10,11,12). The lowest BCUT2D eigenvalue weighted by molar-refractivity contribution is -0.137. The molecule has 0 unspecified atom stereocenters. The number of methoxy groups -OCH3 is 1. The maximum absolute atomic E-state index is 11.3. The van der Waals surface area contributed by atoms with Crippen molar-refractivity contribution < 1.29 is 19.4 Å². The van der Waals surface area contributed by atoms with E-state index in [9.17, 15) is 14.4 Å². The fraction of sp³-hybridized carbons (Fsp3) is 0.360. The summed E-state index contributed by atoms with van der Waals surface area (Å²) in [6, 6.07) is 4.00. The van der Waals surface area contributed by atoms with Crippen LogP contribution >= 0.6 is 138 Å². The van der Waals surface area contributed by atoms with E-state index in [0.29, 0.717) is 65.4 Å². The quantitative estimate of drug-likeness (QED) is 0.0700. The molecule has 0 aliphatic carbocycles. The minimum Gasteiger partial charge on any atom is -0.481 e. The second-order valence-electron chi connectivity index (χ2n) is 17.9. The van der Waals surface area contributed by atoms with Gasteiger partial charge in [-0.2, -0.15) is 0 Å². The molecule has 0 bridgehead atoms. The molecule has 0 aliphatic rings. The van der Waals surface area contributed by atoms with E-state index in [1.54, 1.807) is 45.3 Å². The van der Waals surface area contributed by atoms with Crippen LogP contribution in [0.25, 0.3) is 51.1 Å². The van der Waals surface area contributed by atoms with E-state index in [1.807, 2.05) is 6.07 Å². The van der Waals surface area contributed by atoms with Gasteiger partial charge in [-0.25, -0.2) is 44.9 Å². The van der Waals surface area contributed by atoms with Crippen molar-refractivity contribution >= 4 is 201 Å². The van der Waals surface area contributed by atoms with Crippen LogP contribution in [0.4, 0.5) is 0 Å². The number of rotatable bonds is 11. The normalized spacial score (nSPS) is 11.3. The lowest BCUT2D eigenvalue weighted by Gasteiger charge is -2.02. The number of carbonyl (C=O) groups excluding carboxylic acids is 1. The van der Waals surface area contributed by atoms with E-state index in [0.717, 1.165) is 65.4 Å². The molecule has 408 valence electrons. The first-order valence-electron chi connectivity index (χ1n) is 23.4. The largest absolute Gasteiger partial charge is 0.481 e. The second-order valence-corrected chi connectivity index (χ2v) is 26.8. The van der Waals surface area contributed by atoms with Gasteiger partial charge in [0.05, 0.1) is 61.6 Å². The summed E-state index contributed by atoms with van der Waals surface area (Å²) in [6.45, 7) is 21.0. The second kappa shape index (κ2) is 28.5. The molecular formula is C50H51Cl5N10O5S7. The van der Waals surface area contributed by atoms with E-state index >= 15 is 0 Å². The minimum absolute atomic E-state index is 0.0324. The zero-order valence-electron chi connectivity index (χ0n) is 43.2. The summed E-state index contributed by atoms with van der Waals surface area (Å²) in [6.07, 6.45) is 7.36. The molecule has 77 heavy (non-hydrogen) atoms. The van der Waals surface area contributed by atoms with Gasteiger partial charge in [-0.3, -0.25) is 14.4 Å². The van der Waals surface area contributed by atoms with Crippen LogP contribution < -0.4 is 5.56 Å². The summed E-state index contributed by atoms with van der Waals surface area (Å²) in [5, 5.41) is 17.2. The Labute approximate surface area is 497 Å². The molecule has 0 atom stereocenters. The molecule has 27 heteroatoms. The van der Waals surface area contributed by atoms with Crippen molar-refractivity contribution in [2.75, 3.05) is 18.6 Å². The van der Waals surface area contributed by atoms with Crippen LogP contribution in [0.15, 0.2) is 58.6 Å². The first-order valence-corrected chi connectivity index (χ1v) is 31.3. The molecule has 0 radical (unpaired) electrons. The lowest BCUT2D eigenvalue weighted by atomic mass is 10.2. The van der Waals surface area contributed by atoms with Crippen molar-refractivity contribution in [3.63, 3.8) is 0 Å². The molecule has 10 heterocycles. The molecule has 15 nitrogen and oxygen atoms in total. The Kier molecular flexibility index (Phi) is 23.0. The summed E-state index contributed by atoms with van der Waals surface area (Å²) < 4.78 is 4.62. The number of aromatic nitrogens is 10. The van der Waals surface area contributed by atoms with Gasteiger partial charge in [-0.15, -0.1) is 56.7 Å². The molecule has 0 saturated heterocycles. The van der Waals surface area contributed by atoms with Gasteiger partial charge in [0.15, 0.2) is 0 Å². The number of thiophene rings is 5. The summed E-state index contributed by atoms with van der Waals surface area (Å²) in [5.74, 6) is 1.04. The van der Waals surface area contributed by atoms with Crippen molar-refractivity contribution in [2.24, 2.45) is 0 Å². The number of esters is 1. The number of hydrogen-bond donors (Lipinski definition) is 2. The number of halogens is 5. The molecule has 10 rings (SSSR count). The molecule has 0 amide bonds. The SMILES string of the molecule is CC(C)c1cc2c(=O)[nH]cnc2s1.CC(C)c1cc2c(Cl)ncnc2s1.CC(C)c1sc2ncnc(Cl)c2c1Cl.CC(C)c1sc2ncnc(SCC(=O)O)c2c1Cl.COC(=O)CSc1ncnc2sc(C(C)C)c(Cl)c12. The van der Waals surface area contributed by atoms with Gasteiger partial charge in [0.25, 0.3) is 5.56 Å². The number of carboxylic acids is 1. The Bertz CT molecular complexity index is 3730. The molecule has 2 N–H and O–H groups in total. The number of aliphatic carboxylic acids is 1. The van der Waals surface area contributed by atoms with Crippen molar-refractivity contribution in [3.8, 4) is 0 Å². The first kappa shape index (κ1) is 62.3. The number of hydrogen-bond acceptors (Lipinski definition) is 20. The average Bonchev–Trinajstić information content (AvgIpc) is 4.25. The Balaban J connectivity index is 0.000000157. The topological polar surface area (TPSA) is 212 Å². The summed E-state index contributed by atoms with van der Waals surface area (Å²) in [7, 11) is 1.37. The third-order valence-electron chi connectivity index (χ3n) is 10.5. The Morgan fingerprint density at radius 1 is 0.532 bits per heavy atom. The van der Waals surface area contributed by atoms with Crippen LogP contribution in [0.3, 0.4) is 0 Å². The van der Waals surface area contributed by atoms with Crippen molar-refractivity contribution in [3.05, 3.63) is 104 Å². The Hall–Kier alpha value is -3.91. The van der Waals surface area contributed by atoms with Crippen LogP contribution in [0.2, 0.25) is 25.4 Å². The molecular weight excluding hydrogens is 1220 g/mol. The van der Waals surface area contributed by atoms with Gasteiger partial charge >= 0.3 is 11.9 Å². The van der Waals surface area contributed by atoms with E-state index < -0.39 is 5.97 Å². The van der Waals surface area contributed by atoms with Gasteiger partial charge in [-0.1, -0.05) is 151 Å². The predicted octanol–water partition coefficient (Wildman–Crippen LogP) is 17.1. The highest BCUT2D eigenvalue weighted by atomic mass is 35.5. The van der Waals surface area contributed by atoms with E-state index in [4.69, 9.17) is 63.1 Å². The van der Waals surface area contributed by atoms with Gasteiger partial charge in [0.2, 0.25) is 0 Å². The molecule has 0 aromatic carbocycles. The van der Waals surface area contributed by atoms with Crippen molar-refractivity contribution in [1.29, 1.82) is 0 Å². The molecule has 0 saturated carbocycles. The van der Waals surface area contributed by atoms with E-state index in [2.05, 4.69) is 130 Å². The van der Waals surface area contributed by atoms with Crippen molar-refractivity contribution in [1.82, 2.24) is 49.8 Å². The number of carboxylic acid groups (broad SMARTS) is 1.